The summed E-state index contributed by atoms with van der Waals surface area (Å²) in [6.45, 7) is 12.6. The Bertz CT molecular complexity index is 664. The predicted molar refractivity (Wildman–Crippen MR) is 90.9 cm³/mol. The van der Waals surface area contributed by atoms with Gasteiger partial charge in [0, 0.05) is 22.6 Å². The largest absolute Gasteiger partial charge is 0.358 e. The first-order valence-electron chi connectivity index (χ1n) is 8.27. The molecule has 1 atom stereocenters. The summed E-state index contributed by atoms with van der Waals surface area (Å²) in [7, 11) is 0. The smallest absolute Gasteiger partial charge is 0.0491 e. The summed E-state index contributed by atoms with van der Waals surface area (Å²) in [4.78, 5) is 3.75. The lowest BCUT2D eigenvalue weighted by Crippen LogP contribution is -2.33. The second-order valence-electron chi connectivity index (χ2n) is 7.52. The number of aromatic amines is 1. The van der Waals surface area contributed by atoms with Gasteiger partial charge in [-0.15, -0.1) is 0 Å². The van der Waals surface area contributed by atoms with Crippen LogP contribution in [0.5, 0.6) is 0 Å². The second kappa shape index (κ2) is 5.17. The molecule has 1 aromatic heterocycles. The first-order chi connectivity index (χ1) is 9.93. The van der Waals surface area contributed by atoms with Gasteiger partial charge in [-0.05, 0) is 61.8 Å². The van der Waals surface area contributed by atoms with E-state index in [-0.39, 0.29) is 0 Å². The van der Waals surface area contributed by atoms with Crippen molar-refractivity contribution < 1.29 is 0 Å². The van der Waals surface area contributed by atoms with E-state index in [0.717, 1.165) is 13.0 Å². The Labute approximate surface area is 128 Å². The van der Waals surface area contributed by atoms with Crippen molar-refractivity contribution in [3.05, 3.63) is 34.5 Å². The average Bonchev–Trinajstić information content (AvgIpc) is 2.79. The summed E-state index contributed by atoms with van der Waals surface area (Å²) in [5, 5.41) is 5.25. The molecule has 2 nitrogen and oxygen atoms in total. The molecule has 2 heteroatoms. The van der Waals surface area contributed by atoms with Crippen molar-refractivity contribution in [2.75, 3.05) is 6.54 Å². The fraction of sp³-hybridized carbons (Fsp3) is 0.579. The predicted octanol–water partition coefficient (Wildman–Crippen LogP) is 4.80. The van der Waals surface area contributed by atoms with E-state index in [1.807, 2.05) is 0 Å². The topological polar surface area (TPSA) is 27.8 Å². The molecule has 1 unspecified atom stereocenters. The van der Waals surface area contributed by atoms with Crippen LogP contribution in [0.3, 0.4) is 0 Å². The van der Waals surface area contributed by atoms with Gasteiger partial charge in [-0.1, -0.05) is 32.9 Å². The monoisotopic (exact) mass is 284 g/mol. The van der Waals surface area contributed by atoms with Gasteiger partial charge in [-0.2, -0.15) is 0 Å². The highest BCUT2D eigenvalue weighted by atomic mass is 14.9. The molecule has 0 spiro atoms. The van der Waals surface area contributed by atoms with E-state index in [9.17, 15) is 0 Å². The molecule has 1 aliphatic rings. The highest BCUT2D eigenvalue weighted by Gasteiger charge is 2.34. The summed E-state index contributed by atoms with van der Waals surface area (Å²) < 4.78 is 0. The zero-order chi connectivity index (χ0) is 15.2. The third-order valence-electron chi connectivity index (χ3n) is 4.89. The molecule has 0 bridgehead atoms. The number of hydrogen-bond acceptors (Lipinski definition) is 1. The minimum absolute atomic E-state index is 0.362. The molecule has 0 saturated heterocycles. The van der Waals surface area contributed by atoms with Gasteiger partial charge in [0.1, 0.15) is 0 Å². The molecule has 114 valence electrons. The normalized spacial score (nSPS) is 20.7. The Balaban J connectivity index is 2.19. The van der Waals surface area contributed by atoms with Gasteiger partial charge in [0.05, 0.1) is 0 Å². The molecule has 1 aromatic carbocycles. The van der Waals surface area contributed by atoms with Crippen molar-refractivity contribution in [1.82, 2.24) is 10.3 Å². The molecular formula is C19H28N2. The molecule has 0 aliphatic heterocycles. The van der Waals surface area contributed by atoms with Crippen molar-refractivity contribution in [2.45, 2.75) is 59.9 Å². The molecule has 1 heterocycles. The van der Waals surface area contributed by atoms with E-state index in [0.29, 0.717) is 11.5 Å². The van der Waals surface area contributed by atoms with Crippen LogP contribution in [-0.2, 0) is 6.42 Å². The first kappa shape index (κ1) is 14.6. The maximum absolute atomic E-state index is 3.79. The Morgan fingerprint density at radius 3 is 2.67 bits per heavy atom. The van der Waals surface area contributed by atoms with Gasteiger partial charge < -0.3 is 10.3 Å². The summed E-state index contributed by atoms with van der Waals surface area (Å²) in [6, 6.07) is 4.99. The molecule has 0 fully saturated rings. The molecule has 3 rings (SSSR count). The molecule has 1 aliphatic carbocycles. The third-order valence-corrected chi connectivity index (χ3v) is 4.89. The molecular weight excluding hydrogens is 256 g/mol. The average molecular weight is 284 g/mol. The maximum Gasteiger partial charge on any atom is 0.0491 e. The number of benzene rings is 1. The van der Waals surface area contributed by atoms with E-state index in [1.54, 1.807) is 5.56 Å². The lowest BCUT2D eigenvalue weighted by Gasteiger charge is -2.36. The zero-order valence-electron chi connectivity index (χ0n) is 14.1. The highest BCUT2D eigenvalue weighted by Crippen LogP contribution is 2.44. The van der Waals surface area contributed by atoms with E-state index in [2.05, 4.69) is 57.1 Å². The van der Waals surface area contributed by atoms with Crippen LogP contribution in [-0.4, -0.2) is 11.5 Å². The van der Waals surface area contributed by atoms with Crippen molar-refractivity contribution >= 4 is 10.9 Å². The third kappa shape index (κ3) is 2.50. The summed E-state index contributed by atoms with van der Waals surface area (Å²) in [5.74, 6) is 0. The molecule has 21 heavy (non-hydrogen) atoms. The van der Waals surface area contributed by atoms with Crippen LogP contribution in [0.4, 0.5) is 0 Å². The Morgan fingerprint density at radius 1 is 1.24 bits per heavy atom. The molecule has 0 radical (unpaired) electrons. The van der Waals surface area contributed by atoms with Gasteiger partial charge in [0.25, 0.3) is 0 Å². The minimum atomic E-state index is 0.362. The van der Waals surface area contributed by atoms with Crippen LogP contribution in [0, 0.1) is 19.3 Å². The maximum atomic E-state index is 3.79. The quantitative estimate of drug-likeness (QED) is 0.832. The second-order valence-corrected chi connectivity index (χ2v) is 7.52. The van der Waals surface area contributed by atoms with Crippen LogP contribution in [0.2, 0.25) is 0 Å². The number of nitrogens with one attached hydrogen (secondary N) is 2. The van der Waals surface area contributed by atoms with Crippen molar-refractivity contribution in [1.29, 1.82) is 0 Å². The van der Waals surface area contributed by atoms with Crippen molar-refractivity contribution in [3.63, 3.8) is 0 Å². The molecule has 2 N–H and O–H groups in total. The summed E-state index contributed by atoms with van der Waals surface area (Å²) in [6.07, 6.45) is 3.56. The number of aromatic nitrogens is 1. The van der Waals surface area contributed by atoms with Gasteiger partial charge in [0.2, 0.25) is 0 Å². The van der Waals surface area contributed by atoms with Crippen molar-refractivity contribution in [2.24, 2.45) is 5.41 Å². The Kier molecular flexibility index (Phi) is 3.61. The zero-order valence-corrected chi connectivity index (χ0v) is 14.1. The van der Waals surface area contributed by atoms with E-state index < -0.39 is 0 Å². The first-order valence-corrected chi connectivity index (χ1v) is 8.27. The molecule has 2 aromatic rings. The van der Waals surface area contributed by atoms with E-state index in [1.165, 1.54) is 40.6 Å². The number of hydrogen-bond donors (Lipinski definition) is 2. The van der Waals surface area contributed by atoms with Crippen LogP contribution in [0.15, 0.2) is 12.1 Å². The number of rotatable bonds is 3. The van der Waals surface area contributed by atoms with Crippen LogP contribution >= 0.6 is 0 Å². The Hall–Kier alpha value is -1.28. The number of fused-ring (bicyclic) bond motifs is 3. The molecule has 0 amide bonds. The van der Waals surface area contributed by atoms with Gasteiger partial charge in [-0.3, -0.25) is 0 Å². The fourth-order valence-electron chi connectivity index (χ4n) is 3.91. The van der Waals surface area contributed by atoms with Crippen LogP contribution in [0.1, 0.15) is 62.0 Å². The Morgan fingerprint density at radius 2 is 1.95 bits per heavy atom. The van der Waals surface area contributed by atoms with E-state index in [4.69, 9.17) is 0 Å². The summed E-state index contributed by atoms with van der Waals surface area (Å²) >= 11 is 0. The lowest BCUT2D eigenvalue weighted by molar-refractivity contribution is 0.257. The van der Waals surface area contributed by atoms with E-state index >= 15 is 0 Å². The summed E-state index contributed by atoms with van der Waals surface area (Å²) in [5.41, 5.74) is 7.46. The van der Waals surface area contributed by atoms with Gasteiger partial charge >= 0.3 is 0 Å². The standard InChI is InChI=1S/C19H28N2/c1-6-9-20-14-10-19(4,5)11-15-17(14)16-12(2)7-8-13(3)18(16)21-15/h7-8,14,20-21H,6,9-11H2,1-5H3. The number of H-pyrrole nitrogens is 1. The van der Waals surface area contributed by atoms with Gasteiger partial charge in [0.15, 0.2) is 0 Å². The van der Waals surface area contributed by atoms with Crippen LogP contribution < -0.4 is 5.32 Å². The van der Waals surface area contributed by atoms with Crippen LogP contribution in [0.25, 0.3) is 10.9 Å². The van der Waals surface area contributed by atoms with Gasteiger partial charge in [-0.25, -0.2) is 0 Å². The van der Waals surface area contributed by atoms with Crippen molar-refractivity contribution in [3.8, 4) is 0 Å². The minimum Gasteiger partial charge on any atom is -0.358 e. The lowest BCUT2D eigenvalue weighted by atomic mass is 9.73. The highest BCUT2D eigenvalue weighted by molar-refractivity contribution is 5.91. The molecule has 0 saturated carbocycles. The fourth-order valence-corrected chi connectivity index (χ4v) is 3.91. The number of aryl methyl sites for hydroxylation is 2. The SMILES string of the molecule is CCCNC1CC(C)(C)Cc2[nH]c3c(C)ccc(C)c3c21.